The first-order chi connectivity index (χ1) is 10.4. The first-order valence-corrected chi connectivity index (χ1v) is 8.01. The lowest BCUT2D eigenvalue weighted by molar-refractivity contribution is -0.150. The van der Waals surface area contributed by atoms with Crippen LogP contribution in [0.4, 0.5) is 4.39 Å². The number of nitrogens with zero attached hydrogens (tertiary/aromatic N) is 1. The van der Waals surface area contributed by atoms with E-state index >= 15 is 0 Å². The molecule has 0 saturated carbocycles. The second-order valence-corrected chi connectivity index (χ2v) is 6.88. The van der Waals surface area contributed by atoms with E-state index in [1.807, 2.05) is 0 Å². The van der Waals surface area contributed by atoms with Gasteiger partial charge in [0.2, 0.25) is 5.72 Å². The van der Waals surface area contributed by atoms with E-state index in [2.05, 4.69) is 15.9 Å². The van der Waals surface area contributed by atoms with E-state index in [-0.39, 0.29) is 6.54 Å². The van der Waals surface area contributed by atoms with Crippen LogP contribution in [0.5, 0.6) is 0 Å². The molecule has 114 valence electrons. The van der Waals surface area contributed by atoms with E-state index in [0.717, 1.165) is 4.90 Å². The SMILES string of the molecule is NC(=O)C1(O)c2ccccc2SN1Cc1ccc(Br)cc1F. The molecular formula is C15H12BrFN2O2S. The fourth-order valence-electron chi connectivity index (χ4n) is 2.36. The predicted molar refractivity (Wildman–Crippen MR) is 85.0 cm³/mol. The Morgan fingerprint density at radius 3 is 2.77 bits per heavy atom. The van der Waals surface area contributed by atoms with Crippen molar-refractivity contribution in [2.75, 3.05) is 0 Å². The van der Waals surface area contributed by atoms with Crippen molar-refractivity contribution in [1.82, 2.24) is 4.31 Å². The largest absolute Gasteiger partial charge is 0.366 e. The highest BCUT2D eigenvalue weighted by Crippen LogP contribution is 2.47. The van der Waals surface area contributed by atoms with Gasteiger partial charge in [0.05, 0.1) is 0 Å². The summed E-state index contributed by atoms with van der Waals surface area (Å²) in [6.07, 6.45) is 0. The van der Waals surface area contributed by atoms with Gasteiger partial charge < -0.3 is 10.8 Å². The molecule has 3 rings (SSSR count). The number of amides is 1. The Bertz CT molecular complexity index is 758. The van der Waals surface area contributed by atoms with Crippen molar-refractivity contribution < 1.29 is 14.3 Å². The summed E-state index contributed by atoms with van der Waals surface area (Å²) in [5.74, 6) is -1.31. The molecule has 1 aliphatic rings. The van der Waals surface area contributed by atoms with Crippen molar-refractivity contribution >= 4 is 33.8 Å². The normalized spacial score (nSPS) is 20.9. The third kappa shape index (κ3) is 2.44. The molecule has 4 nitrogen and oxygen atoms in total. The van der Waals surface area contributed by atoms with Crippen molar-refractivity contribution in [3.63, 3.8) is 0 Å². The fraction of sp³-hybridized carbons (Fsp3) is 0.133. The van der Waals surface area contributed by atoms with E-state index in [4.69, 9.17) is 5.73 Å². The number of halogens is 2. The molecule has 1 heterocycles. The molecule has 1 atom stereocenters. The summed E-state index contributed by atoms with van der Waals surface area (Å²) >= 11 is 4.38. The summed E-state index contributed by atoms with van der Waals surface area (Å²) < 4.78 is 16.0. The maximum atomic E-state index is 14.0. The highest BCUT2D eigenvalue weighted by molar-refractivity contribution is 9.10. The summed E-state index contributed by atoms with van der Waals surface area (Å²) in [6.45, 7) is 0.0396. The Morgan fingerprint density at radius 1 is 1.36 bits per heavy atom. The first kappa shape index (κ1) is 15.5. The second kappa shape index (κ2) is 5.66. The number of primary amides is 1. The van der Waals surface area contributed by atoms with E-state index in [1.165, 1.54) is 22.3 Å². The Morgan fingerprint density at radius 2 is 2.09 bits per heavy atom. The molecule has 0 aliphatic carbocycles. The minimum absolute atomic E-state index is 0.0396. The molecular weight excluding hydrogens is 371 g/mol. The van der Waals surface area contributed by atoms with Crippen LogP contribution in [0.15, 0.2) is 51.8 Å². The predicted octanol–water partition coefficient (Wildman–Crippen LogP) is 2.74. The maximum Gasteiger partial charge on any atom is 0.270 e. The van der Waals surface area contributed by atoms with E-state index < -0.39 is 17.4 Å². The minimum atomic E-state index is -1.96. The number of rotatable bonds is 3. The Labute approximate surface area is 139 Å². The molecule has 0 spiro atoms. The molecule has 7 heteroatoms. The number of carbonyl (C=O) groups excluding carboxylic acids is 1. The van der Waals surface area contributed by atoms with Crippen LogP contribution >= 0.6 is 27.9 Å². The molecule has 1 amide bonds. The third-order valence-corrected chi connectivity index (χ3v) is 5.16. The maximum absolute atomic E-state index is 14.0. The number of carbonyl (C=O) groups is 1. The Hall–Kier alpha value is -1.41. The van der Waals surface area contributed by atoms with Gasteiger partial charge in [-0.2, -0.15) is 4.31 Å². The van der Waals surface area contributed by atoms with Crippen LogP contribution in [0.25, 0.3) is 0 Å². The molecule has 1 unspecified atom stereocenters. The van der Waals surface area contributed by atoms with Gasteiger partial charge in [0.25, 0.3) is 5.91 Å². The van der Waals surface area contributed by atoms with Gasteiger partial charge in [-0.3, -0.25) is 4.79 Å². The number of benzene rings is 2. The number of aliphatic hydroxyl groups is 1. The highest BCUT2D eigenvalue weighted by atomic mass is 79.9. The molecule has 2 aromatic rings. The van der Waals surface area contributed by atoms with Crippen LogP contribution in [0, 0.1) is 5.82 Å². The number of hydrogen-bond acceptors (Lipinski definition) is 4. The minimum Gasteiger partial charge on any atom is -0.366 e. The highest BCUT2D eigenvalue weighted by Gasteiger charge is 2.49. The molecule has 0 bridgehead atoms. The lowest BCUT2D eigenvalue weighted by Crippen LogP contribution is -2.49. The van der Waals surface area contributed by atoms with Gasteiger partial charge in [-0.05, 0) is 30.1 Å². The second-order valence-electron chi connectivity index (χ2n) is 4.90. The van der Waals surface area contributed by atoms with Crippen LogP contribution in [-0.4, -0.2) is 15.3 Å². The third-order valence-electron chi connectivity index (χ3n) is 3.50. The summed E-state index contributed by atoms with van der Waals surface area (Å²) in [4.78, 5) is 12.6. The summed E-state index contributed by atoms with van der Waals surface area (Å²) in [6, 6.07) is 11.6. The Kier molecular flexibility index (Phi) is 3.98. The van der Waals surface area contributed by atoms with E-state index in [9.17, 15) is 14.3 Å². The number of nitrogens with two attached hydrogens (primary N) is 1. The quantitative estimate of drug-likeness (QED) is 0.800. The van der Waals surface area contributed by atoms with Gasteiger partial charge >= 0.3 is 0 Å². The van der Waals surface area contributed by atoms with Crippen molar-refractivity contribution in [3.05, 3.63) is 63.9 Å². The molecule has 1 aliphatic heterocycles. The zero-order chi connectivity index (χ0) is 15.9. The van der Waals surface area contributed by atoms with E-state index in [0.29, 0.717) is 15.6 Å². The molecule has 2 aromatic carbocycles. The van der Waals surface area contributed by atoms with Gasteiger partial charge in [-0.15, -0.1) is 0 Å². The fourth-order valence-corrected chi connectivity index (χ4v) is 3.90. The van der Waals surface area contributed by atoms with Crippen molar-refractivity contribution in [2.24, 2.45) is 5.73 Å². The monoisotopic (exact) mass is 382 g/mol. The molecule has 0 fully saturated rings. The van der Waals surface area contributed by atoms with E-state index in [1.54, 1.807) is 36.4 Å². The van der Waals surface area contributed by atoms with Crippen LogP contribution in [0.2, 0.25) is 0 Å². The van der Waals surface area contributed by atoms with Crippen LogP contribution in [0.3, 0.4) is 0 Å². The Balaban J connectivity index is 1.99. The zero-order valence-electron chi connectivity index (χ0n) is 11.3. The van der Waals surface area contributed by atoms with Gasteiger partial charge in [0.1, 0.15) is 5.82 Å². The van der Waals surface area contributed by atoms with Crippen molar-refractivity contribution in [1.29, 1.82) is 0 Å². The summed E-state index contributed by atoms with van der Waals surface area (Å²) in [5, 5.41) is 10.8. The number of hydrogen-bond donors (Lipinski definition) is 2. The smallest absolute Gasteiger partial charge is 0.270 e. The molecule has 0 saturated heterocycles. The van der Waals surface area contributed by atoms with Crippen molar-refractivity contribution in [3.8, 4) is 0 Å². The molecule has 0 radical (unpaired) electrons. The summed E-state index contributed by atoms with van der Waals surface area (Å²) in [7, 11) is 0. The standard InChI is InChI=1S/C15H12BrFN2O2S/c16-10-6-5-9(12(17)7-10)8-19-15(21,14(18)20)11-3-1-2-4-13(11)22-19/h1-7,21H,8H2,(H2,18,20). The van der Waals surface area contributed by atoms with Crippen LogP contribution in [-0.2, 0) is 17.1 Å². The number of fused-ring (bicyclic) bond motifs is 1. The lowest BCUT2D eigenvalue weighted by atomic mass is 10.0. The average Bonchev–Trinajstić information content (AvgIpc) is 2.76. The van der Waals surface area contributed by atoms with Gasteiger partial charge in [0, 0.05) is 27.0 Å². The van der Waals surface area contributed by atoms with Crippen LogP contribution < -0.4 is 5.73 Å². The van der Waals surface area contributed by atoms with Crippen molar-refractivity contribution in [2.45, 2.75) is 17.2 Å². The average molecular weight is 383 g/mol. The zero-order valence-corrected chi connectivity index (χ0v) is 13.7. The topological polar surface area (TPSA) is 66.6 Å². The van der Waals surface area contributed by atoms with Gasteiger partial charge in [-0.25, -0.2) is 4.39 Å². The molecule has 3 N–H and O–H groups in total. The van der Waals surface area contributed by atoms with Gasteiger partial charge in [0.15, 0.2) is 0 Å². The molecule has 22 heavy (non-hydrogen) atoms. The van der Waals surface area contributed by atoms with Gasteiger partial charge in [-0.1, -0.05) is 40.2 Å². The summed E-state index contributed by atoms with van der Waals surface area (Å²) in [5.41, 5.74) is 4.24. The lowest BCUT2D eigenvalue weighted by Gasteiger charge is -2.29. The molecule has 0 aromatic heterocycles. The first-order valence-electron chi connectivity index (χ1n) is 6.44. The van der Waals surface area contributed by atoms with Crippen LogP contribution in [0.1, 0.15) is 11.1 Å².